The number of anilines is 1. The first-order valence-corrected chi connectivity index (χ1v) is 9.07. The minimum absolute atomic E-state index is 0.0724. The van der Waals surface area contributed by atoms with Crippen LogP contribution in [0.1, 0.15) is 63.9 Å². The molecule has 1 aliphatic heterocycles. The van der Waals surface area contributed by atoms with E-state index in [2.05, 4.69) is 0 Å². The van der Waals surface area contributed by atoms with Crippen LogP contribution in [-0.2, 0) is 10.9 Å². The van der Waals surface area contributed by atoms with Crippen molar-refractivity contribution in [3.63, 3.8) is 0 Å². The zero-order valence-corrected chi connectivity index (χ0v) is 14.6. The van der Waals surface area contributed by atoms with Crippen molar-refractivity contribution in [1.29, 1.82) is 0 Å². The summed E-state index contributed by atoms with van der Waals surface area (Å²) in [6.45, 7) is 2.15. The van der Waals surface area contributed by atoms with Crippen LogP contribution in [0.3, 0.4) is 0 Å². The third-order valence-electron chi connectivity index (χ3n) is 5.68. The summed E-state index contributed by atoms with van der Waals surface area (Å²) in [4.78, 5) is 0. The first-order chi connectivity index (χ1) is 11.8. The second-order valence-electron chi connectivity index (χ2n) is 7.42. The highest BCUT2D eigenvalue weighted by Crippen LogP contribution is 2.48. The average molecular weight is 357 g/mol. The van der Waals surface area contributed by atoms with E-state index in [0.29, 0.717) is 0 Å². The van der Waals surface area contributed by atoms with Crippen LogP contribution in [0.15, 0.2) is 18.2 Å². The molecule has 1 aromatic carbocycles. The number of halogens is 3. The van der Waals surface area contributed by atoms with Gasteiger partial charge >= 0.3 is 6.18 Å². The molecule has 0 bridgehead atoms. The Kier molecular flexibility index (Phi) is 4.93. The molecule has 1 saturated carbocycles. The largest absolute Gasteiger partial charge is 0.490 e. The summed E-state index contributed by atoms with van der Waals surface area (Å²) in [6.07, 6.45) is 3.69. The van der Waals surface area contributed by atoms with Crippen LogP contribution < -0.4 is 10.5 Å². The fourth-order valence-corrected chi connectivity index (χ4v) is 4.12. The minimum Gasteiger partial charge on any atom is -0.490 e. The average Bonchev–Trinajstić information content (AvgIpc) is 2.92. The predicted octanol–water partition coefficient (Wildman–Crippen LogP) is 5.33. The summed E-state index contributed by atoms with van der Waals surface area (Å²) < 4.78 is 51.8. The summed E-state index contributed by atoms with van der Waals surface area (Å²) in [7, 11) is 0. The maximum Gasteiger partial charge on any atom is 0.420 e. The van der Waals surface area contributed by atoms with E-state index in [9.17, 15) is 13.2 Å². The Hall–Kier alpha value is -1.43. The number of rotatable bonds is 4. The number of alkyl halides is 3. The standard InChI is InChI=1S/C19H26F3NO2/c1-2-17(10-11-18(25-17)8-4-3-5-9-18)13-24-16-7-6-14(23)12-15(16)19(20,21)22/h6-7,12H,2-5,8-11,13,23H2,1H3. The highest BCUT2D eigenvalue weighted by atomic mass is 19.4. The van der Waals surface area contributed by atoms with Gasteiger partial charge in [0, 0.05) is 5.69 Å². The Morgan fingerprint density at radius 2 is 1.84 bits per heavy atom. The van der Waals surface area contributed by atoms with E-state index in [1.807, 2.05) is 6.92 Å². The van der Waals surface area contributed by atoms with Gasteiger partial charge < -0.3 is 15.2 Å². The molecule has 0 aromatic heterocycles. The Morgan fingerprint density at radius 1 is 1.12 bits per heavy atom. The van der Waals surface area contributed by atoms with Crippen LogP contribution in [0.2, 0.25) is 0 Å². The molecule has 25 heavy (non-hydrogen) atoms. The molecule has 1 saturated heterocycles. The van der Waals surface area contributed by atoms with Gasteiger partial charge in [0.05, 0.1) is 11.2 Å². The molecule has 1 atom stereocenters. The molecule has 1 unspecified atom stereocenters. The van der Waals surface area contributed by atoms with Gasteiger partial charge in [-0.15, -0.1) is 0 Å². The number of nitrogens with two attached hydrogens (primary N) is 1. The first kappa shape index (κ1) is 18.4. The lowest BCUT2D eigenvalue weighted by atomic mass is 9.82. The lowest BCUT2D eigenvalue weighted by Crippen LogP contribution is -2.40. The fourth-order valence-electron chi connectivity index (χ4n) is 4.12. The van der Waals surface area contributed by atoms with E-state index >= 15 is 0 Å². The van der Waals surface area contributed by atoms with Crippen LogP contribution >= 0.6 is 0 Å². The van der Waals surface area contributed by atoms with Gasteiger partial charge in [0.15, 0.2) is 0 Å². The number of hydrogen-bond donors (Lipinski definition) is 1. The molecule has 0 amide bonds. The molecule has 1 spiro atoms. The molecule has 1 aliphatic carbocycles. The molecule has 3 nitrogen and oxygen atoms in total. The Morgan fingerprint density at radius 3 is 2.48 bits per heavy atom. The Balaban J connectivity index is 1.74. The van der Waals surface area contributed by atoms with Crippen molar-refractivity contribution < 1.29 is 22.6 Å². The maximum absolute atomic E-state index is 13.2. The molecular weight excluding hydrogens is 331 g/mol. The van der Waals surface area contributed by atoms with E-state index in [1.165, 1.54) is 18.6 Å². The minimum atomic E-state index is -4.49. The van der Waals surface area contributed by atoms with Crippen LogP contribution in [0.4, 0.5) is 18.9 Å². The van der Waals surface area contributed by atoms with Gasteiger partial charge in [-0.1, -0.05) is 26.2 Å². The fraction of sp³-hybridized carbons (Fsp3) is 0.684. The summed E-state index contributed by atoms with van der Waals surface area (Å²) in [5.74, 6) is -0.178. The van der Waals surface area contributed by atoms with Gasteiger partial charge in [-0.3, -0.25) is 0 Å². The molecule has 1 aromatic rings. The SMILES string of the molecule is CCC1(COc2ccc(N)cc2C(F)(F)F)CCC2(CCCCC2)O1. The zero-order chi connectivity index (χ0) is 18.1. The third kappa shape index (κ3) is 3.89. The van der Waals surface area contributed by atoms with Crippen LogP contribution in [0, 0.1) is 0 Å². The molecule has 1 heterocycles. The molecule has 2 fully saturated rings. The predicted molar refractivity (Wildman–Crippen MR) is 90.5 cm³/mol. The monoisotopic (exact) mass is 357 g/mol. The van der Waals surface area contributed by atoms with Crippen molar-refractivity contribution in [2.45, 2.75) is 75.7 Å². The van der Waals surface area contributed by atoms with E-state index in [4.69, 9.17) is 15.2 Å². The summed E-state index contributed by atoms with van der Waals surface area (Å²) in [6, 6.07) is 3.65. The van der Waals surface area contributed by atoms with E-state index in [-0.39, 0.29) is 23.6 Å². The Bertz CT molecular complexity index is 611. The van der Waals surface area contributed by atoms with Crippen molar-refractivity contribution in [3.05, 3.63) is 23.8 Å². The van der Waals surface area contributed by atoms with Crippen molar-refractivity contribution in [2.75, 3.05) is 12.3 Å². The molecule has 6 heteroatoms. The second kappa shape index (κ2) is 6.71. The maximum atomic E-state index is 13.2. The second-order valence-corrected chi connectivity index (χ2v) is 7.42. The summed E-state index contributed by atoms with van der Waals surface area (Å²) in [5.41, 5.74) is 4.16. The molecule has 140 valence electrons. The first-order valence-electron chi connectivity index (χ1n) is 9.07. The number of benzene rings is 1. The zero-order valence-electron chi connectivity index (χ0n) is 14.6. The normalized spacial score (nSPS) is 26.1. The van der Waals surface area contributed by atoms with Crippen molar-refractivity contribution >= 4 is 5.69 Å². The van der Waals surface area contributed by atoms with Gasteiger partial charge in [0.25, 0.3) is 0 Å². The van der Waals surface area contributed by atoms with Crippen molar-refractivity contribution in [3.8, 4) is 5.75 Å². The van der Waals surface area contributed by atoms with E-state index < -0.39 is 17.3 Å². The van der Waals surface area contributed by atoms with Crippen LogP contribution in [-0.4, -0.2) is 17.8 Å². The summed E-state index contributed by atoms with van der Waals surface area (Å²) >= 11 is 0. The van der Waals surface area contributed by atoms with Gasteiger partial charge in [-0.25, -0.2) is 0 Å². The van der Waals surface area contributed by atoms with Gasteiger partial charge in [-0.2, -0.15) is 13.2 Å². The number of nitrogen functional groups attached to an aromatic ring is 1. The quantitative estimate of drug-likeness (QED) is 0.741. The highest BCUT2D eigenvalue weighted by Gasteiger charge is 2.49. The smallest absolute Gasteiger partial charge is 0.420 e. The Labute approximate surface area is 146 Å². The number of ether oxygens (including phenoxy) is 2. The third-order valence-corrected chi connectivity index (χ3v) is 5.68. The van der Waals surface area contributed by atoms with Crippen molar-refractivity contribution in [1.82, 2.24) is 0 Å². The van der Waals surface area contributed by atoms with E-state index in [0.717, 1.165) is 51.0 Å². The lowest BCUT2D eigenvalue weighted by Gasteiger charge is -2.37. The molecule has 2 aliphatic rings. The van der Waals surface area contributed by atoms with Crippen LogP contribution in [0.5, 0.6) is 5.75 Å². The van der Waals surface area contributed by atoms with Gasteiger partial charge in [-0.05, 0) is 50.3 Å². The molecule has 0 radical (unpaired) electrons. The molecule has 3 rings (SSSR count). The van der Waals surface area contributed by atoms with Crippen LogP contribution in [0.25, 0.3) is 0 Å². The van der Waals surface area contributed by atoms with Gasteiger partial charge in [0.2, 0.25) is 0 Å². The topological polar surface area (TPSA) is 44.5 Å². The van der Waals surface area contributed by atoms with Gasteiger partial charge in [0.1, 0.15) is 18.0 Å². The van der Waals surface area contributed by atoms with E-state index in [1.54, 1.807) is 0 Å². The summed E-state index contributed by atoms with van der Waals surface area (Å²) in [5, 5.41) is 0. The molecular formula is C19H26F3NO2. The highest BCUT2D eigenvalue weighted by molar-refractivity contribution is 5.49. The van der Waals surface area contributed by atoms with Crippen molar-refractivity contribution in [2.24, 2.45) is 0 Å². The lowest BCUT2D eigenvalue weighted by molar-refractivity contribution is -0.145. The number of hydrogen-bond acceptors (Lipinski definition) is 3. The molecule has 2 N–H and O–H groups in total.